The first-order valence-electron chi connectivity index (χ1n) is 8.04. The van der Waals surface area contributed by atoms with Crippen molar-refractivity contribution in [2.24, 2.45) is 0 Å². The van der Waals surface area contributed by atoms with Crippen LogP contribution in [0.5, 0.6) is 0 Å². The molecule has 0 radical (unpaired) electrons. The molecule has 0 aromatic carbocycles. The van der Waals surface area contributed by atoms with E-state index in [0.29, 0.717) is 19.9 Å². The summed E-state index contributed by atoms with van der Waals surface area (Å²) >= 11 is 0. The maximum atomic E-state index is 12.9. The summed E-state index contributed by atoms with van der Waals surface area (Å²) in [6.07, 6.45) is -14.4. The van der Waals surface area contributed by atoms with Crippen LogP contribution in [0.1, 0.15) is 19.5 Å². The Hall–Kier alpha value is -2.87. The molecule has 2 aromatic heterocycles. The van der Waals surface area contributed by atoms with Crippen molar-refractivity contribution < 1.29 is 39.5 Å². The van der Waals surface area contributed by atoms with Gasteiger partial charge in [-0.2, -0.15) is 54.5 Å². The number of rotatable bonds is 5. The Morgan fingerprint density at radius 2 is 1.17 bits per heavy atom. The Balaban J connectivity index is 2.51. The van der Waals surface area contributed by atoms with Gasteiger partial charge in [-0.05, 0) is 26.0 Å². The molecule has 15 heteroatoms. The molecular formula is C15H13F9N6. The van der Waals surface area contributed by atoms with Gasteiger partial charge in [-0.1, -0.05) is 6.07 Å². The average Bonchev–Trinajstić information content (AvgIpc) is 2.59. The first-order valence-corrected chi connectivity index (χ1v) is 8.04. The zero-order valence-corrected chi connectivity index (χ0v) is 15.1. The smallest absolute Gasteiger partial charge is 0.343 e. The van der Waals surface area contributed by atoms with Crippen LogP contribution in [0.2, 0.25) is 0 Å². The highest BCUT2D eigenvalue weighted by molar-refractivity contribution is 5.54. The lowest BCUT2D eigenvalue weighted by Crippen LogP contribution is -2.35. The third-order valence-electron chi connectivity index (χ3n) is 3.58. The molecule has 0 amide bonds. The number of pyridine rings is 1. The molecule has 2 atom stereocenters. The van der Waals surface area contributed by atoms with E-state index in [-0.39, 0.29) is 0 Å². The fourth-order valence-corrected chi connectivity index (χ4v) is 1.89. The van der Waals surface area contributed by atoms with Crippen molar-refractivity contribution in [2.75, 3.05) is 10.6 Å². The summed E-state index contributed by atoms with van der Waals surface area (Å²) in [5.41, 5.74) is -1.88. The molecule has 2 aromatic rings. The van der Waals surface area contributed by atoms with Gasteiger partial charge in [0.25, 0.3) is 0 Å². The van der Waals surface area contributed by atoms with Crippen molar-refractivity contribution in [1.82, 2.24) is 19.9 Å². The standard InChI is InChI=1S/C15H13F9N6/c1-6(13(16,17)18)25-11-28-10(8-4-3-5-9(27-8)15(22,23)24)29-12(30-11)26-7(2)14(19,20)21/h3-7H,1-2H3,(H2,25,26,28,29,30)/t6-,7-/m1/s1. The Labute approximate surface area is 163 Å². The second-order valence-electron chi connectivity index (χ2n) is 6.03. The quantitative estimate of drug-likeness (QED) is 0.648. The summed E-state index contributed by atoms with van der Waals surface area (Å²) in [4.78, 5) is 13.8. The van der Waals surface area contributed by atoms with Gasteiger partial charge >= 0.3 is 18.5 Å². The first kappa shape index (κ1) is 23.4. The van der Waals surface area contributed by atoms with Gasteiger partial charge in [0.05, 0.1) is 0 Å². The monoisotopic (exact) mass is 448 g/mol. The summed E-state index contributed by atoms with van der Waals surface area (Å²) < 4.78 is 115. The summed E-state index contributed by atoms with van der Waals surface area (Å²) in [6, 6.07) is -1.85. The van der Waals surface area contributed by atoms with Crippen LogP contribution in [0.4, 0.5) is 51.4 Å². The van der Waals surface area contributed by atoms with Gasteiger partial charge in [0.2, 0.25) is 11.9 Å². The van der Waals surface area contributed by atoms with E-state index in [2.05, 4.69) is 19.9 Å². The minimum Gasteiger partial charge on any atom is -0.343 e. The molecule has 0 saturated carbocycles. The lowest BCUT2D eigenvalue weighted by molar-refractivity contribution is -0.141. The number of hydrogen-bond acceptors (Lipinski definition) is 6. The van der Waals surface area contributed by atoms with E-state index in [9.17, 15) is 39.5 Å². The summed E-state index contributed by atoms with van der Waals surface area (Å²) in [5.74, 6) is -2.27. The molecule has 2 N–H and O–H groups in total. The van der Waals surface area contributed by atoms with Crippen LogP contribution >= 0.6 is 0 Å². The van der Waals surface area contributed by atoms with E-state index in [1.807, 2.05) is 10.6 Å². The predicted molar refractivity (Wildman–Crippen MR) is 86.3 cm³/mol. The van der Waals surface area contributed by atoms with E-state index in [1.54, 1.807) is 0 Å². The highest BCUT2D eigenvalue weighted by Crippen LogP contribution is 2.30. The van der Waals surface area contributed by atoms with Gasteiger partial charge in [0, 0.05) is 0 Å². The van der Waals surface area contributed by atoms with E-state index in [4.69, 9.17) is 0 Å². The van der Waals surface area contributed by atoms with Crippen LogP contribution in [0.15, 0.2) is 18.2 Å². The van der Waals surface area contributed by atoms with Crippen LogP contribution in [-0.4, -0.2) is 44.4 Å². The van der Waals surface area contributed by atoms with Gasteiger partial charge in [0.15, 0.2) is 5.82 Å². The molecule has 0 unspecified atom stereocenters. The molecule has 0 bridgehead atoms. The summed E-state index contributed by atoms with van der Waals surface area (Å²) in [6.45, 7) is 1.38. The minimum atomic E-state index is -4.85. The molecule has 0 aliphatic rings. The van der Waals surface area contributed by atoms with Crippen molar-refractivity contribution in [3.8, 4) is 11.5 Å². The van der Waals surface area contributed by atoms with E-state index >= 15 is 0 Å². The zero-order chi connectivity index (χ0) is 22.9. The number of nitrogens with zero attached hydrogens (tertiary/aromatic N) is 4. The number of nitrogens with one attached hydrogen (secondary N) is 2. The third kappa shape index (κ3) is 6.06. The molecular weight excluding hydrogens is 435 g/mol. The van der Waals surface area contributed by atoms with E-state index in [0.717, 1.165) is 12.1 Å². The maximum Gasteiger partial charge on any atom is 0.433 e. The summed E-state index contributed by atoms with van der Waals surface area (Å²) in [7, 11) is 0. The van der Waals surface area contributed by atoms with Crippen LogP contribution < -0.4 is 10.6 Å². The van der Waals surface area contributed by atoms with Crippen LogP contribution in [-0.2, 0) is 6.18 Å². The van der Waals surface area contributed by atoms with Crippen LogP contribution in [0, 0.1) is 0 Å². The Morgan fingerprint density at radius 1 is 0.700 bits per heavy atom. The second-order valence-corrected chi connectivity index (χ2v) is 6.03. The van der Waals surface area contributed by atoms with Gasteiger partial charge in [-0.25, -0.2) is 4.98 Å². The molecule has 0 fully saturated rings. The topological polar surface area (TPSA) is 75.6 Å². The molecule has 6 nitrogen and oxygen atoms in total. The van der Waals surface area contributed by atoms with Crippen molar-refractivity contribution in [1.29, 1.82) is 0 Å². The number of alkyl halides is 9. The lowest BCUT2D eigenvalue weighted by atomic mass is 10.3. The molecule has 30 heavy (non-hydrogen) atoms. The van der Waals surface area contributed by atoms with Gasteiger partial charge < -0.3 is 10.6 Å². The van der Waals surface area contributed by atoms with Gasteiger partial charge in [-0.15, -0.1) is 0 Å². The SMILES string of the molecule is C[C@@H](Nc1nc(N[C@H](C)C(F)(F)F)nc(-c2cccc(C(F)(F)F)n2)n1)C(F)(F)F. The molecule has 2 heterocycles. The predicted octanol–water partition coefficient (Wildman–Crippen LogP) is 4.68. The maximum absolute atomic E-state index is 12.9. The largest absolute Gasteiger partial charge is 0.433 e. The highest BCUT2D eigenvalue weighted by atomic mass is 19.4. The van der Waals surface area contributed by atoms with Crippen molar-refractivity contribution in [3.05, 3.63) is 23.9 Å². The zero-order valence-electron chi connectivity index (χ0n) is 15.1. The first-order chi connectivity index (χ1) is 13.6. The molecule has 0 aliphatic carbocycles. The Morgan fingerprint density at radius 3 is 1.57 bits per heavy atom. The van der Waals surface area contributed by atoms with Gasteiger partial charge in [0.1, 0.15) is 23.5 Å². The third-order valence-corrected chi connectivity index (χ3v) is 3.58. The molecule has 2 rings (SSSR count). The van der Waals surface area contributed by atoms with E-state index < -0.39 is 59.7 Å². The number of hydrogen-bond donors (Lipinski definition) is 2. The molecule has 0 aliphatic heterocycles. The van der Waals surface area contributed by atoms with Crippen LogP contribution in [0.3, 0.4) is 0 Å². The van der Waals surface area contributed by atoms with Gasteiger partial charge in [-0.3, -0.25) is 0 Å². The molecule has 0 saturated heterocycles. The van der Waals surface area contributed by atoms with Crippen molar-refractivity contribution in [2.45, 2.75) is 44.5 Å². The number of aromatic nitrogens is 4. The summed E-state index contributed by atoms with van der Waals surface area (Å²) in [5, 5.41) is 3.66. The molecule has 0 spiro atoms. The average molecular weight is 448 g/mol. The molecule has 166 valence electrons. The highest BCUT2D eigenvalue weighted by Gasteiger charge is 2.38. The van der Waals surface area contributed by atoms with E-state index in [1.165, 1.54) is 0 Å². The minimum absolute atomic E-state index is 0.530. The van der Waals surface area contributed by atoms with Crippen LogP contribution in [0.25, 0.3) is 11.5 Å². The Bertz CT molecular complexity index is 838. The number of halogens is 9. The fraction of sp³-hybridized carbons (Fsp3) is 0.467. The second kappa shape index (κ2) is 8.10. The normalized spacial score (nSPS) is 14.9. The number of anilines is 2. The van der Waals surface area contributed by atoms with Crippen molar-refractivity contribution in [3.63, 3.8) is 0 Å². The lowest BCUT2D eigenvalue weighted by Gasteiger charge is -2.20. The Kier molecular flexibility index (Phi) is 6.32. The van der Waals surface area contributed by atoms with Crippen molar-refractivity contribution >= 4 is 11.9 Å². The fourth-order valence-electron chi connectivity index (χ4n) is 1.89.